The smallest absolute Gasteiger partial charge is 0.309 e. The van der Waals surface area contributed by atoms with Gasteiger partial charge in [0.05, 0.1) is 16.9 Å². The predicted octanol–water partition coefficient (Wildman–Crippen LogP) is 3.11. The second-order valence-electron chi connectivity index (χ2n) is 8.93. The molecule has 4 aliphatic carbocycles. The van der Waals surface area contributed by atoms with Crippen LogP contribution in [-0.4, -0.2) is 28.1 Å². The maximum Gasteiger partial charge on any atom is 0.309 e. The number of rotatable bonds is 1. The van der Waals surface area contributed by atoms with E-state index in [1.807, 2.05) is 0 Å². The molecule has 4 aliphatic rings. The zero-order chi connectivity index (χ0) is 17.5. The molecule has 6 atom stereocenters. The van der Waals surface area contributed by atoms with Gasteiger partial charge in [0.25, 0.3) is 0 Å². The summed E-state index contributed by atoms with van der Waals surface area (Å²) in [5.74, 6) is -0.878. The van der Waals surface area contributed by atoms with Crippen LogP contribution >= 0.6 is 0 Å². The Kier molecular flexibility index (Phi) is 3.08. The van der Waals surface area contributed by atoms with Crippen molar-refractivity contribution in [1.82, 2.24) is 0 Å². The Morgan fingerprint density at radius 3 is 2.67 bits per heavy atom. The molecule has 4 heteroatoms. The van der Waals surface area contributed by atoms with Gasteiger partial charge < -0.3 is 10.2 Å². The molecule has 0 amide bonds. The van der Waals surface area contributed by atoms with Crippen LogP contribution in [0.25, 0.3) is 0 Å². The van der Waals surface area contributed by atoms with E-state index in [0.717, 1.165) is 31.3 Å². The summed E-state index contributed by atoms with van der Waals surface area (Å²) in [6.07, 6.45) is 5.60. The van der Waals surface area contributed by atoms with Crippen molar-refractivity contribution in [1.29, 1.82) is 0 Å². The molecule has 3 saturated carbocycles. The van der Waals surface area contributed by atoms with Gasteiger partial charge in [0.1, 0.15) is 0 Å². The lowest BCUT2D eigenvalue weighted by Crippen LogP contribution is -2.61. The topological polar surface area (TPSA) is 74.6 Å². The van der Waals surface area contributed by atoms with Crippen LogP contribution in [0.4, 0.5) is 0 Å². The van der Waals surface area contributed by atoms with Gasteiger partial charge in [-0.1, -0.05) is 31.6 Å². The molecule has 0 saturated heterocycles. The van der Waals surface area contributed by atoms with Crippen molar-refractivity contribution >= 4 is 11.8 Å². The fourth-order valence-corrected chi connectivity index (χ4v) is 6.81. The van der Waals surface area contributed by atoms with Crippen LogP contribution in [0.3, 0.4) is 0 Å². The van der Waals surface area contributed by atoms with E-state index in [2.05, 4.69) is 19.6 Å². The molecule has 0 aromatic heterocycles. The second kappa shape index (κ2) is 4.60. The van der Waals surface area contributed by atoms with Gasteiger partial charge in [-0.25, -0.2) is 0 Å². The summed E-state index contributed by atoms with van der Waals surface area (Å²) in [6.45, 7) is 7.88. The molecule has 130 valence electrons. The first-order valence-corrected chi connectivity index (χ1v) is 9.03. The SMILES string of the molecule is C=C1C(=O)[C@]23CC1CC=C2[C@]1(C)CCC[C@@](C)(C(=O)O)[C@H]1[C@@H](O)C3. The lowest BCUT2D eigenvalue weighted by Gasteiger charge is -2.60. The highest BCUT2D eigenvalue weighted by Gasteiger charge is 2.68. The lowest BCUT2D eigenvalue weighted by atomic mass is 9.43. The number of aliphatic carboxylic acids is 1. The van der Waals surface area contributed by atoms with Crippen LogP contribution in [0.5, 0.6) is 0 Å². The van der Waals surface area contributed by atoms with Crippen molar-refractivity contribution in [3.8, 4) is 0 Å². The highest BCUT2D eigenvalue weighted by molar-refractivity contribution is 6.05. The third-order valence-electron chi connectivity index (χ3n) is 7.75. The molecule has 24 heavy (non-hydrogen) atoms. The van der Waals surface area contributed by atoms with Crippen molar-refractivity contribution in [2.75, 3.05) is 0 Å². The number of ketones is 1. The Balaban J connectivity index is 1.89. The summed E-state index contributed by atoms with van der Waals surface area (Å²) in [6, 6.07) is 0. The number of allylic oxidation sites excluding steroid dienone is 3. The molecule has 0 heterocycles. The number of hydrogen-bond donors (Lipinski definition) is 2. The molecule has 1 spiro atoms. The molecule has 0 aliphatic heterocycles. The van der Waals surface area contributed by atoms with Crippen LogP contribution in [0.15, 0.2) is 23.8 Å². The fourth-order valence-electron chi connectivity index (χ4n) is 6.81. The minimum Gasteiger partial charge on any atom is -0.481 e. The average Bonchev–Trinajstić information content (AvgIpc) is 2.67. The van der Waals surface area contributed by atoms with Gasteiger partial charge in [-0.15, -0.1) is 0 Å². The Labute approximate surface area is 142 Å². The summed E-state index contributed by atoms with van der Waals surface area (Å²) >= 11 is 0. The average molecular weight is 330 g/mol. The Morgan fingerprint density at radius 2 is 2.00 bits per heavy atom. The van der Waals surface area contributed by atoms with Crippen LogP contribution in [0, 0.1) is 28.1 Å². The van der Waals surface area contributed by atoms with Gasteiger partial charge in [-0.3, -0.25) is 9.59 Å². The van der Waals surface area contributed by atoms with E-state index >= 15 is 0 Å². The van der Waals surface area contributed by atoms with Crippen LogP contribution in [0.1, 0.15) is 52.4 Å². The zero-order valence-corrected chi connectivity index (χ0v) is 14.5. The maximum atomic E-state index is 13.0. The number of aliphatic hydroxyl groups is 1. The number of carboxylic acids is 1. The molecular formula is C20H26O4. The first kappa shape index (κ1) is 16.1. The first-order chi connectivity index (χ1) is 11.2. The minimum atomic E-state index is -0.940. The molecule has 0 aromatic rings. The number of aliphatic hydroxyl groups excluding tert-OH is 1. The van der Waals surface area contributed by atoms with E-state index in [-0.39, 0.29) is 17.6 Å². The molecule has 2 bridgehead atoms. The highest BCUT2D eigenvalue weighted by Crippen LogP contribution is 2.69. The largest absolute Gasteiger partial charge is 0.481 e. The van der Waals surface area contributed by atoms with Gasteiger partial charge in [-0.2, -0.15) is 0 Å². The summed E-state index contributed by atoms with van der Waals surface area (Å²) < 4.78 is 0. The van der Waals surface area contributed by atoms with Crippen molar-refractivity contribution < 1.29 is 19.8 Å². The summed E-state index contributed by atoms with van der Waals surface area (Å²) in [5, 5.41) is 20.9. The van der Waals surface area contributed by atoms with Crippen LogP contribution < -0.4 is 0 Å². The number of carbonyl (C=O) groups excluding carboxylic acids is 1. The summed E-state index contributed by atoms with van der Waals surface area (Å²) in [4.78, 5) is 25.1. The molecule has 0 aromatic carbocycles. The van der Waals surface area contributed by atoms with E-state index in [9.17, 15) is 19.8 Å². The normalized spacial score (nSPS) is 50.1. The van der Waals surface area contributed by atoms with Crippen molar-refractivity contribution in [2.24, 2.45) is 28.1 Å². The van der Waals surface area contributed by atoms with Gasteiger partial charge in [-0.05, 0) is 55.9 Å². The van der Waals surface area contributed by atoms with E-state index < -0.39 is 28.3 Å². The highest BCUT2D eigenvalue weighted by atomic mass is 16.4. The third kappa shape index (κ3) is 1.63. The second-order valence-corrected chi connectivity index (χ2v) is 8.93. The number of hydrogen-bond acceptors (Lipinski definition) is 3. The van der Waals surface area contributed by atoms with Crippen LogP contribution in [-0.2, 0) is 9.59 Å². The quantitative estimate of drug-likeness (QED) is 0.572. The maximum absolute atomic E-state index is 13.0. The van der Waals surface area contributed by atoms with E-state index in [1.54, 1.807) is 6.92 Å². The first-order valence-electron chi connectivity index (χ1n) is 9.03. The van der Waals surface area contributed by atoms with Gasteiger partial charge in [0.15, 0.2) is 5.78 Å². The molecule has 4 nitrogen and oxygen atoms in total. The molecule has 1 unspecified atom stereocenters. The van der Waals surface area contributed by atoms with Crippen molar-refractivity contribution in [3.63, 3.8) is 0 Å². The van der Waals surface area contributed by atoms with Gasteiger partial charge in [0.2, 0.25) is 0 Å². The Morgan fingerprint density at radius 1 is 1.29 bits per heavy atom. The minimum absolute atomic E-state index is 0.0950. The van der Waals surface area contributed by atoms with Crippen LogP contribution in [0.2, 0.25) is 0 Å². The number of carboxylic acid groups (broad SMARTS) is 1. The standard InChI is InChI=1S/C20H26O4/c1-11-12-5-6-14-18(2)7-4-8-19(3,17(23)24)15(18)13(21)10-20(14,9-12)16(11)22/h6,12-13,15,21H,1,4-5,7-10H2,2-3H3,(H,23,24)/t12?,13-,15-,18-,19+,20-/m0/s1. The van der Waals surface area contributed by atoms with E-state index in [4.69, 9.17) is 0 Å². The zero-order valence-electron chi connectivity index (χ0n) is 14.5. The molecule has 2 N–H and O–H groups in total. The summed E-state index contributed by atoms with van der Waals surface area (Å²) in [7, 11) is 0. The molecule has 4 rings (SSSR count). The predicted molar refractivity (Wildman–Crippen MR) is 89.2 cm³/mol. The molecule has 0 radical (unpaired) electrons. The number of fused-ring (bicyclic) bond motifs is 3. The van der Waals surface area contributed by atoms with Gasteiger partial charge in [0, 0.05) is 5.92 Å². The van der Waals surface area contributed by atoms with Crippen molar-refractivity contribution in [2.45, 2.75) is 58.5 Å². The van der Waals surface area contributed by atoms with Gasteiger partial charge >= 0.3 is 5.97 Å². The molecular weight excluding hydrogens is 304 g/mol. The van der Waals surface area contributed by atoms with E-state index in [1.165, 1.54) is 0 Å². The lowest BCUT2D eigenvalue weighted by molar-refractivity contribution is -0.174. The summed E-state index contributed by atoms with van der Waals surface area (Å²) in [5.41, 5.74) is -0.176. The number of Topliss-reactive ketones (excluding diaryl/α,β-unsaturated/α-hetero) is 1. The number of carbonyl (C=O) groups is 2. The Bertz CT molecular complexity index is 692. The third-order valence-corrected chi connectivity index (χ3v) is 7.75. The fraction of sp³-hybridized carbons (Fsp3) is 0.700. The molecule has 3 fully saturated rings. The monoisotopic (exact) mass is 330 g/mol. The van der Waals surface area contributed by atoms with E-state index in [0.29, 0.717) is 18.4 Å². The Hall–Kier alpha value is -1.42. The van der Waals surface area contributed by atoms with Crippen molar-refractivity contribution in [3.05, 3.63) is 23.8 Å².